The van der Waals surface area contributed by atoms with Crippen molar-refractivity contribution in [2.24, 2.45) is 5.11 Å². The normalized spacial score (nSPS) is 28.1. The Bertz CT molecular complexity index is 985. The van der Waals surface area contributed by atoms with Gasteiger partial charge in [0.2, 0.25) is 5.91 Å². The molecule has 2 heterocycles. The number of nitrogens with zero attached hydrogens (tertiary/aromatic N) is 3. The van der Waals surface area contributed by atoms with E-state index in [1.165, 1.54) is 0 Å². The van der Waals surface area contributed by atoms with Gasteiger partial charge in [-0.3, -0.25) is 4.79 Å². The second-order valence-corrected chi connectivity index (χ2v) is 8.66. The molecular weight excluding hydrogens is 436 g/mol. The van der Waals surface area contributed by atoms with E-state index in [1.54, 1.807) is 6.92 Å². The van der Waals surface area contributed by atoms with Crippen LogP contribution < -0.4 is 5.32 Å². The summed E-state index contributed by atoms with van der Waals surface area (Å²) in [6.45, 7) is 4.12. The van der Waals surface area contributed by atoms with E-state index in [2.05, 4.69) is 15.3 Å². The highest BCUT2D eigenvalue weighted by Crippen LogP contribution is 2.34. The quantitative estimate of drug-likeness (QED) is 0.362. The minimum absolute atomic E-state index is 0.0712. The van der Waals surface area contributed by atoms with Gasteiger partial charge in [0.05, 0.1) is 25.4 Å². The zero-order chi connectivity index (χ0) is 23.9. The fourth-order valence-corrected chi connectivity index (χ4v) is 4.31. The Balaban J connectivity index is 1.43. The van der Waals surface area contributed by atoms with Crippen LogP contribution in [0.1, 0.15) is 31.3 Å². The van der Waals surface area contributed by atoms with Gasteiger partial charge in [-0.2, -0.15) is 0 Å². The van der Waals surface area contributed by atoms with E-state index >= 15 is 0 Å². The number of nitrogens with one attached hydrogen (secondary N) is 1. The third-order valence-corrected chi connectivity index (χ3v) is 6.02. The molecule has 1 N–H and O–H groups in total. The molecule has 9 nitrogen and oxygen atoms in total. The molecule has 2 aromatic rings. The summed E-state index contributed by atoms with van der Waals surface area (Å²) in [7, 11) is 0. The average molecular weight is 467 g/mol. The first-order valence-corrected chi connectivity index (χ1v) is 11.5. The lowest BCUT2D eigenvalue weighted by Gasteiger charge is -2.45. The zero-order valence-electron chi connectivity index (χ0n) is 19.3. The molecule has 0 aliphatic carbocycles. The highest BCUT2D eigenvalue weighted by Gasteiger charge is 2.47. The topological polar surface area (TPSA) is 115 Å². The Kier molecular flexibility index (Phi) is 8.16. The number of hydrogen-bond acceptors (Lipinski definition) is 6. The maximum absolute atomic E-state index is 12.9. The predicted octanol–water partition coefficient (Wildman–Crippen LogP) is 3.70. The van der Waals surface area contributed by atoms with Crippen LogP contribution in [0.3, 0.4) is 0 Å². The average Bonchev–Trinajstić information content (AvgIpc) is 2.86. The van der Waals surface area contributed by atoms with Crippen LogP contribution in [0.5, 0.6) is 0 Å². The number of hydrogen-bond donors (Lipinski definition) is 1. The third-order valence-electron chi connectivity index (χ3n) is 6.02. The number of ether oxygens (including phenoxy) is 4. The summed E-state index contributed by atoms with van der Waals surface area (Å²) < 4.78 is 24.1. The lowest BCUT2D eigenvalue weighted by Crippen LogP contribution is -2.60. The molecule has 0 spiro atoms. The summed E-state index contributed by atoms with van der Waals surface area (Å²) >= 11 is 0. The van der Waals surface area contributed by atoms with Crippen LogP contribution in [0.2, 0.25) is 0 Å². The molecule has 3 unspecified atom stereocenters. The van der Waals surface area contributed by atoms with Crippen molar-refractivity contribution >= 4 is 5.91 Å². The first-order valence-electron chi connectivity index (χ1n) is 11.5. The van der Waals surface area contributed by atoms with Gasteiger partial charge in [0, 0.05) is 16.5 Å². The molecule has 9 heteroatoms. The van der Waals surface area contributed by atoms with Crippen molar-refractivity contribution < 1.29 is 23.7 Å². The van der Waals surface area contributed by atoms with E-state index in [0.29, 0.717) is 13.0 Å². The summed E-state index contributed by atoms with van der Waals surface area (Å²) in [4.78, 5) is 15.8. The molecule has 4 rings (SSSR count). The van der Waals surface area contributed by atoms with Crippen LogP contribution in [0, 0.1) is 0 Å². The van der Waals surface area contributed by atoms with Gasteiger partial charge in [0.25, 0.3) is 0 Å². The fourth-order valence-electron chi connectivity index (χ4n) is 4.31. The minimum Gasteiger partial charge on any atom is -0.372 e. The molecule has 0 radical (unpaired) electrons. The molecule has 7 atom stereocenters. The van der Waals surface area contributed by atoms with Crippen LogP contribution in [-0.2, 0) is 30.2 Å². The highest BCUT2D eigenvalue weighted by atomic mass is 16.7. The lowest BCUT2D eigenvalue weighted by molar-refractivity contribution is -0.308. The van der Waals surface area contributed by atoms with E-state index in [0.717, 1.165) is 11.1 Å². The molecule has 2 fully saturated rings. The second kappa shape index (κ2) is 11.5. The molecule has 2 aromatic carbocycles. The third kappa shape index (κ3) is 5.94. The van der Waals surface area contributed by atoms with Crippen LogP contribution in [-0.4, -0.2) is 55.6 Å². The maximum atomic E-state index is 12.9. The van der Waals surface area contributed by atoms with Crippen molar-refractivity contribution in [2.45, 2.75) is 63.1 Å². The molecule has 1 amide bonds. The monoisotopic (exact) mass is 466 g/mol. The SMILES string of the molecule is C[C@@H](Cc1ccccc1)NC(=O)[C@@H](C)O[C@@H]1C(N=[N+]=[N-])COC2COC(c3ccccc3)O[C@H]21. The lowest BCUT2D eigenvalue weighted by atomic mass is 9.97. The van der Waals surface area contributed by atoms with E-state index in [9.17, 15) is 4.79 Å². The van der Waals surface area contributed by atoms with Crippen LogP contribution in [0.4, 0.5) is 0 Å². The van der Waals surface area contributed by atoms with Gasteiger partial charge in [-0.25, -0.2) is 0 Å². The Hall–Kier alpha value is -2.94. The Labute approximate surface area is 199 Å². The molecular formula is C25H30N4O5. The largest absolute Gasteiger partial charge is 0.372 e. The summed E-state index contributed by atoms with van der Waals surface area (Å²) in [5, 5.41) is 6.87. The van der Waals surface area contributed by atoms with Crippen LogP contribution >= 0.6 is 0 Å². The van der Waals surface area contributed by atoms with Crippen molar-refractivity contribution in [1.29, 1.82) is 0 Å². The number of rotatable bonds is 8. The van der Waals surface area contributed by atoms with Crippen molar-refractivity contribution in [3.63, 3.8) is 0 Å². The van der Waals surface area contributed by atoms with Crippen molar-refractivity contribution in [1.82, 2.24) is 5.32 Å². The number of carbonyl (C=O) groups excluding carboxylic acids is 1. The van der Waals surface area contributed by atoms with Gasteiger partial charge in [-0.1, -0.05) is 65.8 Å². The summed E-state index contributed by atoms with van der Waals surface area (Å²) in [6.07, 6.45) is -2.27. The molecule has 0 saturated carbocycles. The Morgan fingerprint density at radius 1 is 1.12 bits per heavy atom. The molecule has 2 aliphatic heterocycles. The fraction of sp³-hybridized carbons (Fsp3) is 0.480. The van der Waals surface area contributed by atoms with Gasteiger partial charge in [-0.15, -0.1) is 0 Å². The number of azide groups is 1. The molecule has 180 valence electrons. The van der Waals surface area contributed by atoms with Gasteiger partial charge in [0.1, 0.15) is 18.3 Å². The standard InChI is InChI=1S/C25H30N4O5/c1-16(13-18-9-5-3-6-10-18)27-24(30)17(2)33-22-20(28-29-26)14-31-21-15-32-25(34-23(21)22)19-11-7-4-8-12-19/h3-12,16-17,20-23,25H,13-15H2,1-2H3,(H,27,30)/t16-,17+,20?,21?,22+,23+,25?/m0/s1. The van der Waals surface area contributed by atoms with E-state index in [4.69, 9.17) is 24.5 Å². The minimum atomic E-state index is -0.778. The van der Waals surface area contributed by atoms with E-state index in [1.807, 2.05) is 67.6 Å². The molecule has 0 bridgehead atoms. The predicted molar refractivity (Wildman–Crippen MR) is 125 cm³/mol. The van der Waals surface area contributed by atoms with Crippen LogP contribution in [0.25, 0.3) is 10.4 Å². The highest BCUT2D eigenvalue weighted by molar-refractivity contribution is 5.80. The van der Waals surface area contributed by atoms with Gasteiger partial charge >= 0.3 is 0 Å². The van der Waals surface area contributed by atoms with Gasteiger partial charge in [-0.05, 0) is 31.4 Å². The van der Waals surface area contributed by atoms with Crippen molar-refractivity contribution in [3.8, 4) is 0 Å². The molecule has 2 aliphatic rings. The molecule has 0 aromatic heterocycles. The molecule has 34 heavy (non-hydrogen) atoms. The van der Waals surface area contributed by atoms with Crippen LogP contribution in [0.15, 0.2) is 65.8 Å². The summed E-state index contributed by atoms with van der Waals surface area (Å²) in [5.41, 5.74) is 11.1. The number of benzene rings is 2. The number of carbonyl (C=O) groups is 1. The number of amides is 1. The van der Waals surface area contributed by atoms with E-state index in [-0.39, 0.29) is 24.7 Å². The van der Waals surface area contributed by atoms with Gasteiger partial charge < -0.3 is 24.3 Å². The Morgan fingerprint density at radius 3 is 2.53 bits per heavy atom. The zero-order valence-corrected chi connectivity index (χ0v) is 19.3. The van der Waals surface area contributed by atoms with Crippen molar-refractivity contribution in [2.75, 3.05) is 13.2 Å². The van der Waals surface area contributed by atoms with Gasteiger partial charge in [0.15, 0.2) is 6.29 Å². The van der Waals surface area contributed by atoms with Crippen molar-refractivity contribution in [3.05, 3.63) is 82.2 Å². The summed E-state index contributed by atoms with van der Waals surface area (Å²) in [5.74, 6) is -0.238. The molecule has 2 saturated heterocycles. The summed E-state index contributed by atoms with van der Waals surface area (Å²) in [6, 6.07) is 18.8. The maximum Gasteiger partial charge on any atom is 0.249 e. The number of fused-ring (bicyclic) bond motifs is 1. The van der Waals surface area contributed by atoms with E-state index < -0.39 is 30.6 Å². The first-order chi connectivity index (χ1) is 16.5. The first kappa shape index (κ1) is 24.2. The second-order valence-electron chi connectivity index (χ2n) is 8.66. The Morgan fingerprint density at radius 2 is 1.82 bits per heavy atom. The smallest absolute Gasteiger partial charge is 0.249 e.